The first-order chi connectivity index (χ1) is 8.50. The zero-order valence-electron chi connectivity index (χ0n) is 10.0. The normalized spacial score (nSPS) is 32.5. The Morgan fingerprint density at radius 3 is 2.44 bits per heavy atom. The lowest BCUT2D eigenvalue weighted by molar-refractivity contribution is -0.147. The Hall–Kier alpha value is -1.36. The van der Waals surface area contributed by atoms with Crippen molar-refractivity contribution in [2.75, 3.05) is 6.61 Å². The van der Waals surface area contributed by atoms with Crippen LogP contribution in [0.1, 0.15) is 19.8 Å². The number of hydrogen-bond acceptors (Lipinski definition) is 4. The van der Waals surface area contributed by atoms with Crippen molar-refractivity contribution in [3.63, 3.8) is 0 Å². The molecule has 0 aliphatic heterocycles. The van der Waals surface area contributed by atoms with Gasteiger partial charge in [0.1, 0.15) is 0 Å². The highest BCUT2D eigenvalue weighted by Crippen LogP contribution is 2.83. The molecule has 2 aliphatic carbocycles. The second-order valence-corrected chi connectivity index (χ2v) is 7.23. The fourth-order valence-corrected chi connectivity index (χ4v) is 5.14. The minimum atomic E-state index is -3.41. The third-order valence-electron chi connectivity index (χ3n) is 4.03. The Morgan fingerprint density at radius 2 is 1.89 bits per heavy atom. The monoisotopic (exact) mass is 266 g/mol. The van der Waals surface area contributed by atoms with Crippen LogP contribution in [0.5, 0.6) is 0 Å². The summed E-state index contributed by atoms with van der Waals surface area (Å²) in [5.41, 5.74) is -0.738. The quantitative estimate of drug-likeness (QED) is 0.776. The van der Waals surface area contributed by atoms with Crippen molar-refractivity contribution in [1.82, 2.24) is 0 Å². The number of sulfone groups is 1. The molecule has 0 N–H and O–H groups in total. The summed E-state index contributed by atoms with van der Waals surface area (Å²) in [6.07, 6.45) is 0.826. The highest BCUT2D eigenvalue weighted by atomic mass is 32.2. The zero-order chi connectivity index (χ0) is 13.0. The van der Waals surface area contributed by atoms with Gasteiger partial charge < -0.3 is 4.74 Å². The smallest absolute Gasteiger partial charge is 0.313 e. The van der Waals surface area contributed by atoms with Crippen LogP contribution in [0.15, 0.2) is 35.2 Å². The molecule has 2 fully saturated rings. The molecule has 0 bridgehead atoms. The maximum absolute atomic E-state index is 12.5. The average molecular weight is 266 g/mol. The fraction of sp³-hybridized carbons (Fsp3) is 0.462. The van der Waals surface area contributed by atoms with Crippen LogP contribution in [0.25, 0.3) is 0 Å². The van der Waals surface area contributed by atoms with Crippen molar-refractivity contribution in [3.8, 4) is 0 Å². The first-order valence-corrected chi connectivity index (χ1v) is 7.45. The SMILES string of the molecule is CCOC(=O)C12CC1(S(=O)(=O)c1ccccc1)C2. The number of carbonyl (C=O) groups is 1. The van der Waals surface area contributed by atoms with Gasteiger partial charge >= 0.3 is 5.97 Å². The van der Waals surface area contributed by atoms with Crippen LogP contribution in [0.3, 0.4) is 0 Å². The largest absolute Gasteiger partial charge is 0.466 e. The van der Waals surface area contributed by atoms with Gasteiger partial charge in [0.2, 0.25) is 0 Å². The predicted molar refractivity (Wildman–Crippen MR) is 64.7 cm³/mol. The van der Waals surface area contributed by atoms with Gasteiger partial charge in [-0.15, -0.1) is 0 Å². The highest BCUT2D eigenvalue weighted by Gasteiger charge is 2.94. The summed E-state index contributed by atoms with van der Waals surface area (Å²) >= 11 is 0. The molecule has 2 aliphatic rings. The molecule has 3 rings (SSSR count). The third-order valence-corrected chi connectivity index (χ3v) is 6.63. The van der Waals surface area contributed by atoms with Crippen molar-refractivity contribution >= 4 is 15.8 Å². The summed E-state index contributed by atoms with van der Waals surface area (Å²) in [6, 6.07) is 8.32. The second-order valence-electron chi connectivity index (χ2n) is 4.97. The van der Waals surface area contributed by atoms with E-state index in [9.17, 15) is 13.2 Å². The fourth-order valence-electron chi connectivity index (χ4n) is 2.71. The number of hydrogen-bond donors (Lipinski definition) is 0. The van der Waals surface area contributed by atoms with Crippen molar-refractivity contribution in [1.29, 1.82) is 0 Å². The number of fused-ring (bicyclic) bond motifs is 1. The van der Waals surface area contributed by atoms with Crippen LogP contribution in [-0.4, -0.2) is 25.7 Å². The highest BCUT2D eigenvalue weighted by molar-refractivity contribution is 7.93. The zero-order valence-corrected chi connectivity index (χ0v) is 10.9. The lowest BCUT2D eigenvalue weighted by Gasteiger charge is -2.05. The minimum absolute atomic E-state index is 0.294. The summed E-state index contributed by atoms with van der Waals surface area (Å²) in [4.78, 5) is 12.1. The van der Waals surface area contributed by atoms with E-state index in [0.717, 1.165) is 0 Å². The molecule has 0 spiro atoms. The van der Waals surface area contributed by atoms with Gasteiger partial charge in [-0.25, -0.2) is 8.42 Å². The number of benzene rings is 1. The van der Waals surface area contributed by atoms with Gasteiger partial charge in [0, 0.05) is 0 Å². The number of ether oxygens (including phenoxy) is 1. The number of rotatable bonds is 4. The van der Waals surface area contributed by atoms with E-state index >= 15 is 0 Å². The van der Waals surface area contributed by atoms with Crippen molar-refractivity contribution in [2.45, 2.75) is 29.4 Å². The van der Waals surface area contributed by atoms with E-state index in [1.165, 1.54) is 0 Å². The molecule has 2 saturated carbocycles. The molecule has 0 aromatic heterocycles. The molecule has 0 unspecified atom stereocenters. The van der Waals surface area contributed by atoms with Gasteiger partial charge in [-0.2, -0.15) is 0 Å². The van der Waals surface area contributed by atoms with Crippen LogP contribution < -0.4 is 0 Å². The topological polar surface area (TPSA) is 60.4 Å². The molecule has 0 amide bonds. The Kier molecular flexibility index (Phi) is 2.18. The maximum Gasteiger partial charge on any atom is 0.313 e. The Morgan fingerprint density at radius 1 is 1.28 bits per heavy atom. The third kappa shape index (κ3) is 1.20. The average Bonchev–Trinajstić information content (AvgIpc) is 3.17. The molecule has 5 heteroatoms. The molecule has 0 atom stereocenters. The molecule has 1 aromatic rings. The van der Waals surface area contributed by atoms with E-state index in [0.29, 0.717) is 24.3 Å². The van der Waals surface area contributed by atoms with Gasteiger partial charge in [0.25, 0.3) is 0 Å². The van der Waals surface area contributed by atoms with E-state index in [1.807, 2.05) is 0 Å². The maximum atomic E-state index is 12.5. The molecule has 0 radical (unpaired) electrons. The van der Waals surface area contributed by atoms with Crippen LogP contribution in [0.4, 0.5) is 0 Å². The van der Waals surface area contributed by atoms with Gasteiger partial charge in [-0.1, -0.05) is 18.2 Å². The Balaban J connectivity index is 1.90. The van der Waals surface area contributed by atoms with E-state index in [1.54, 1.807) is 37.3 Å². The summed E-state index contributed by atoms with van der Waals surface area (Å²) in [7, 11) is -3.41. The molecule has 0 heterocycles. The summed E-state index contributed by atoms with van der Waals surface area (Å²) in [5, 5.41) is 0. The molecule has 4 nitrogen and oxygen atoms in total. The minimum Gasteiger partial charge on any atom is -0.466 e. The number of esters is 1. The summed E-state index contributed by atoms with van der Waals surface area (Å²) in [6.45, 7) is 2.02. The summed E-state index contributed by atoms with van der Waals surface area (Å²) in [5.74, 6) is -0.357. The van der Waals surface area contributed by atoms with Crippen LogP contribution >= 0.6 is 0 Å². The van der Waals surface area contributed by atoms with Crippen LogP contribution in [-0.2, 0) is 19.4 Å². The second kappa shape index (κ2) is 3.35. The lowest BCUT2D eigenvalue weighted by atomic mass is 10.2. The van der Waals surface area contributed by atoms with Gasteiger partial charge in [0.15, 0.2) is 9.84 Å². The predicted octanol–water partition coefficient (Wildman–Crippen LogP) is 1.56. The lowest BCUT2D eigenvalue weighted by Crippen LogP contribution is -2.15. The van der Waals surface area contributed by atoms with Crippen LogP contribution in [0.2, 0.25) is 0 Å². The van der Waals surface area contributed by atoms with E-state index in [2.05, 4.69) is 0 Å². The van der Waals surface area contributed by atoms with Gasteiger partial charge in [-0.3, -0.25) is 4.79 Å². The number of carbonyl (C=O) groups excluding carboxylic acids is 1. The molecule has 1 aromatic carbocycles. The van der Waals surface area contributed by atoms with E-state index in [-0.39, 0.29) is 5.97 Å². The van der Waals surface area contributed by atoms with Gasteiger partial charge in [0.05, 0.1) is 21.7 Å². The van der Waals surface area contributed by atoms with Crippen molar-refractivity contribution in [3.05, 3.63) is 30.3 Å². The van der Waals surface area contributed by atoms with Crippen LogP contribution in [0, 0.1) is 5.41 Å². The van der Waals surface area contributed by atoms with Crippen molar-refractivity contribution in [2.24, 2.45) is 5.41 Å². The van der Waals surface area contributed by atoms with E-state index in [4.69, 9.17) is 4.74 Å². The van der Waals surface area contributed by atoms with Gasteiger partial charge in [-0.05, 0) is 31.9 Å². The molecule has 0 saturated heterocycles. The first kappa shape index (κ1) is 11.7. The summed E-state index contributed by atoms with van der Waals surface area (Å²) < 4.78 is 29.0. The molecular weight excluding hydrogens is 252 g/mol. The molecule has 96 valence electrons. The Bertz CT molecular complexity index is 597. The van der Waals surface area contributed by atoms with E-state index < -0.39 is 20.0 Å². The standard InChI is InChI=1S/C13H14O4S/c1-2-17-11(14)12-8-13(12,9-12)18(15,16)10-6-4-3-5-7-10/h3-7H,2,8-9H2,1H3. The Labute approximate surface area is 106 Å². The molecular formula is C13H14O4S. The van der Waals surface area contributed by atoms with Crippen molar-refractivity contribution < 1.29 is 17.9 Å². The molecule has 18 heavy (non-hydrogen) atoms. The first-order valence-electron chi connectivity index (χ1n) is 5.97.